The Morgan fingerprint density at radius 3 is 2.84 bits per heavy atom. The van der Waals surface area contributed by atoms with Crippen LogP contribution in [0.1, 0.15) is 6.42 Å². The van der Waals surface area contributed by atoms with Crippen LogP contribution in [0.4, 0.5) is 5.82 Å². The van der Waals surface area contributed by atoms with Crippen LogP contribution >= 0.6 is 11.6 Å². The first-order chi connectivity index (χ1) is 12.3. The average molecular weight is 357 g/mol. The minimum Gasteiger partial charge on any atom is -0.380 e. The maximum atomic E-state index is 6.01. The van der Waals surface area contributed by atoms with Gasteiger partial charge in [0.25, 0.3) is 5.89 Å². The number of aromatic nitrogens is 3. The number of rotatable bonds is 3. The van der Waals surface area contributed by atoms with Crippen LogP contribution in [-0.4, -0.2) is 41.4 Å². The van der Waals surface area contributed by atoms with E-state index in [1.165, 1.54) is 0 Å². The van der Waals surface area contributed by atoms with Gasteiger partial charge in [-0.2, -0.15) is 4.98 Å². The summed E-state index contributed by atoms with van der Waals surface area (Å²) in [5.74, 6) is 1.88. The molecule has 128 valence electrons. The van der Waals surface area contributed by atoms with E-state index < -0.39 is 0 Å². The second kappa shape index (κ2) is 7.21. The molecule has 25 heavy (non-hydrogen) atoms. The summed E-state index contributed by atoms with van der Waals surface area (Å²) in [5, 5.41) is 4.66. The molecule has 0 amide bonds. The Hall–Kier alpha value is -2.44. The fraction of sp³-hybridized carbons (Fsp3) is 0.278. The number of ether oxygens (including phenoxy) is 1. The molecule has 0 unspecified atom stereocenters. The standard InChI is InChI=1S/C18H17ClN4O2/c19-15-4-1-3-13(11-15)17-21-18(25-22-17)14-5-6-16(20-12-14)23-7-2-9-24-10-8-23/h1,3-6,11-12H,2,7-10H2. The average Bonchev–Trinajstić information content (AvgIpc) is 2.98. The topological polar surface area (TPSA) is 64.3 Å². The zero-order chi connectivity index (χ0) is 17.1. The summed E-state index contributed by atoms with van der Waals surface area (Å²) in [6, 6.07) is 11.3. The normalized spacial score (nSPS) is 15.2. The molecular weight excluding hydrogens is 340 g/mol. The van der Waals surface area contributed by atoms with Gasteiger partial charge in [-0.1, -0.05) is 28.9 Å². The van der Waals surface area contributed by atoms with Crippen molar-refractivity contribution in [2.75, 3.05) is 31.2 Å². The van der Waals surface area contributed by atoms with Gasteiger partial charge in [-0.25, -0.2) is 4.98 Å². The molecule has 1 aromatic carbocycles. The third-order valence-corrected chi connectivity index (χ3v) is 4.29. The van der Waals surface area contributed by atoms with Gasteiger partial charge in [0.05, 0.1) is 12.2 Å². The number of hydrogen-bond acceptors (Lipinski definition) is 6. The molecular formula is C18H17ClN4O2. The Balaban J connectivity index is 1.54. The van der Waals surface area contributed by atoms with Crippen LogP contribution in [0.3, 0.4) is 0 Å². The highest BCUT2D eigenvalue weighted by molar-refractivity contribution is 6.30. The van der Waals surface area contributed by atoms with Gasteiger partial charge in [0.2, 0.25) is 5.82 Å². The molecule has 2 aromatic heterocycles. The maximum Gasteiger partial charge on any atom is 0.259 e. The number of nitrogens with zero attached hydrogens (tertiary/aromatic N) is 4. The van der Waals surface area contributed by atoms with Crippen LogP contribution in [0.2, 0.25) is 5.02 Å². The van der Waals surface area contributed by atoms with Crippen molar-refractivity contribution in [1.29, 1.82) is 0 Å². The Bertz CT molecular complexity index is 842. The van der Waals surface area contributed by atoms with E-state index in [1.807, 2.05) is 30.3 Å². The minimum atomic E-state index is 0.438. The zero-order valence-corrected chi connectivity index (χ0v) is 14.3. The largest absolute Gasteiger partial charge is 0.380 e. The molecule has 0 radical (unpaired) electrons. The summed E-state index contributed by atoms with van der Waals surface area (Å²) in [4.78, 5) is 11.2. The molecule has 4 rings (SSSR count). The molecule has 1 aliphatic rings. The lowest BCUT2D eigenvalue weighted by atomic mass is 10.2. The van der Waals surface area contributed by atoms with E-state index in [4.69, 9.17) is 20.9 Å². The van der Waals surface area contributed by atoms with Crippen LogP contribution in [0.15, 0.2) is 47.1 Å². The lowest BCUT2D eigenvalue weighted by molar-refractivity contribution is 0.152. The molecule has 6 nitrogen and oxygen atoms in total. The van der Waals surface area contributed by atoms with Crippen LogP contribution in [-0.2, 0) is 4.74 Å². The first-order valence-electron chi connectivity index (χ1n) is 8.18. The summed E-state index contributed by atoms with van der Waals surface area (Å²) >= 11 is 6.01. The van der Waals surface area contributed by atoms with Crippen molar-refractivity contribution in [3.05, 3.63) is 47.6 Å². The summed E-state index contributed by atoms with van der Waals surface area (Å²) < 4.78 is 10.9. The molecule has 1 aliphatic heterocycles. The van der Waals surface area contributed by atoms with Gasteiger partial charge in [0, 0.05) is 36.5 Å². The highest BCUT2D eigenvalue weighted by Gasteiger charge is 2.14. The predicted octanol–water partition coefficient (Wildman–Crippen LogP) is 3.68. The van der Waals surface area contributed by atoms with Gasteiger partial charge in [-0.15, -0.1) is 0 Å². The summed E-state index contributed by atoms with van der Waals surface area (Å²) in [6.45, 7) is 3.34. The summed E-state index contributed by atoms with van der Waals surface area (Å²) in [6.07, 6.45) is 2.77. The smallest absolute Gasteiger partial charge is 0.259 e. The summed E-state index contributed by atoms with van der Waals surface area (Å²) in [7, 11) is 0. The van der Waals surface area contributed by atoms with E-state index in [1.54, 1.807) is 12.3 Å². The highest BCUT2D eigenvalue weighted by atomic mass is 35.5. The van der Waals surface area contributed by atoms with Crippen molar-refractivity contribution in [1.82, 2.24) is 15.1 Å². The molecule has 3 heterocycles. The van der Waals surface area contributed by atoms with E-state index in [-0.39, 0.29) is 0 Å². The van der Waals surface area contributed by atoms with Gasteiger partial charge in [0.15, 0.2) is 0 Å². The number of pyridine rings is 1. The predicted molar refractivity (Wildman–Crippen MR) is 95.6 cm³/mol. The van der Waals surface area contributed by atoms with Crippen molar-refractivity contribution < 1.29 is 9.26 Å². The molecule has 0 atom stereocenters. The van der Waals surface area contributed by atoms with Gasteiger partial charge < -0.3 is 14.2 Å². The van der Waals surface area contributed by atoms with E-state index in [0.717, 1.165) is 49.7 Å². The maximum absolute atomic E-state index is 6.01. The molecule has 3 aromatic rings. The SMILES string of the molecule is Clc1cccc(-c2noc(-c3ccc(N4CCCOCC4)nc3)n2)c1. The van der Waals surface area contributed by atoms with Gasteiger partial charge in [0.1, 0.15) is 5.82 Å². The van der Waals surface area contributed by atoms with Gasteiger partial charge in [-0.05, 0) is 30.7 Å². The van der Waals surface area contributed by atoms with E-state index in [0.29, 0.717) is 16.7 Å². The van der Waals surface area contributed by atoms with Gasteiger partial charge in [-0.3, -0.25) is 0 Å². The van der Waals surface area contributed by atoms with Crippen LogP contribution in [0.25, 0.3) is 22.8 Å². The molecule has 0 saturated carbocycles. The number of benzene rings is 1. The Labute approximate surface area is 150 Å². The van der Waals surface area contributed by atoms with Crippen LogP contribution < -0.4 is 4.90 Å². The fourth-order valence-electron chi connectivity index (χ4n) is 2.76. The fourth-order valence-corrected chi connectivity index (χ4v) is 2.95. The van der Waals surface area contributed by atoms with E-state index in [9.17, 15) is 0 Å². The van der Waals surface area contributed by atoms with Crippen LogP contribution in [0.5, 0.6) is 0 Å². The number of anilines is 1. The summed E-state index contributed by atoms with van der Waals surface area (Å²) in [5.41, 5.74) is 1.60. The quantitative estimate of drug-likeness (QED) is 0.713. The second-order valence-electron chi connectivity index (χ2n) is 5.79. The third-order valence-electron chi connectivity index (χ3n) is 4.05. The Morgan fingerprint density at radius 2 is 2.00 bits per heavy atom. The van der Waals surface area contributed by atoms with E-state index in [2.05, 4.69) is 20.0 Å². The molecule has 0 N–H and O–H groups in total. The number of hydrogen-bond donors (Lipinski definition) is 0. The lowest BCUT2D eigenvalue weighted by Crippen LogP contribution is -2.26. The second-order valence-corrected chi connectivity index (χ2v) is 6.23. The molecule has 1 fully saturated rings. The van der Waals surface area contributed by atoms with E-state index >= 15 is 0 Å². The number of halogens is 1. The third kappa shape index (κ3) is 3.65. The first-order valence-corrected chi connectivity index (χ1v) is 8.56. The van der Waals surface area contributed by atoms with Crippen molar-refractivity contribution in [2.24, 2.45) is 0 Å². The molecule has 0 aliphatic carbocycles. The minimum absolute atomic E-state index is 0.438. The molecule has 0 bridgehead atoms. The highest BCUT2D eigenvalue weighted by Crippen LogP contribution is 2.25. The van der Waals surface area contributed by atoms with Crippen molar-refractivity contribution in [2.45, 2.75) is 6.42 Å². The van der Waals surface area contributed by atoms with Crippen molar-refractivity contribution >= 4 is 17.4 Å². The lowest BCUT2D eigenvalue weighted by Gasteiger charge is -2.20. The zero-order valence-electron chi connectivity index (χ0n) is 13.6. The molecule has 7 heteroatoms. The van der Waals surface area contributed by atoms with Crippen LogP contribution in [0, 0.1) is 0 Å². The molecule has 1 saturated heterocycles. The first kappa shape index (κ1) is 16.1. The Kier molecular flexibility index (Phi) is 4.63. The van der Waals surface area contributed by atoms with Gasteiger partial charge >= 0.3 is 0 Å². The molecule has 0 spiro atoms. The van der Waals surface area contributed by atoms with Crippen molar-refractivity contribution in [3.63, 3.8) is 0 Å². The Morgan fingerprint density at radius 1 is 1.04 bits per heavy atom. The van der Waals surface area contributed by atoms with Crippen molar-refractivity contribution in [3.8, 4) is 22.8 Å². The monoisotopic (exact) mass is 356 g/mol.